The van der Waals surface area contributed by atoms with Gasteiger partial charge in [0.1, 0.15) is 5.82 Å². The molecule has 0 amide bonds. The van der Waals surface area contributed by atoms with Gasteiger partial charge in [-0.3, -0.25) is 4.21 Å². The quantitative estimate of drug-likeness (QED) is 0.813. The molecule has 2 nitrogen and oxygen atoms in total. The van der Waals surface area contributed by atoms with Gasteiger partial charge >= 0.3 is 0 Å². The highest BCUT2D eigenvalue weighted by molar-refractivity contribution is 7.84. The van der Waals surface area contributed by atoms with Crippen molar-refractivity contribution < 1.29 is 8.60 Å². The monoisotopic (exact) mass is 257 g/mol. The van der Waals surface area contributed by atoms with E-state index in [-0.39, 0.29) is 11.9 Å². The minimum atomic E-state index is -0.728. The van der Waals surface area contributed by atoms with Crippen molar-refractivity contribution in [2.24, 2.45) is 0 Å². The summed E-state index contributed by atoms with van der Waals surface area (Å²) in [5, 5.41) is 3.35. The van der Waals surface area contributed by atoms with E-state index in [1.165, 1.54) is 12.1 Å². The molecule has 1 rings (SSSR count). The molecule has 0 aliphatic carbocycles. The van der Waals surface area contributed by atoms with Gasteiger partial charge in [-0.05, 0) is 24.1 Å². The molecule has 0 spiro atoms. The van der Waals surface area contributed by atoms with Crippen molar-refractivity contribution in [1.82, 2.24) is 5.32 Å². The van der Waals surface area contributed by atoms with E-state index < -0.39 is 10.8 Å². The van der Waals surface area contributed by atoms with Crippen molar-refractivity contribution >= 4 is 10.8 Å². The first-order valence-corrected chi connectivity index (χ1v) is 7.50. The molecule has 0 aliphatic rings. The van der Waals surface area contributed by atoms with E-state index in [0.717, 1.165) is 18.5 Å². The molecule has 0 saturated heterocycles. The van der Waals surface area contributed by atoms with Gasteiger partial charge in [-0.1, -0.05) is 26.0 Å². The second kappa shape index (κ2) is 7.56. The van der Waals surface area contributed by atoms with Gasteiger partial charge in [0, 0.05) is 34.9 Å². The van der Waals surface area contributed by atoms with Gasteiger partial charge in [-0.2, -0.15) is 0 Å². The zero-order chi connectivity index (χ0) is 12.7. The van der Waals surface area contributed by atoms with Crippen molar-refractivity contribution in [3.8, 4) is 0 Å². The first kappa shape index (κ1) is 14.3. The van der Waals surface area contributed by atoms with Crippen LogP contribution in [0.5, 0.6) is 0 Å². The second-order valence-corrected chi connectivity index (χ2v) is 5.76. The molecule has 0 bridgehead atoms. The van der Waals surface area contributed by atoms with Gasteiger partial charge in [0.15, 0.2) is 0 Å². The third-order valence-electron chi connectivity index (χ3n) is 2.72. The van der Waals surface area contributed by atoms with Crippen molar-refractivity contribution in [1.29, 1.82) is 0 Å². The fourth-order valence-corrected chi connectivity index (χ4v) is 2.32. The Labute approximate surface area is 105 Å². The predicted molar refractivity (Wildman–Crippen MR) is 71.0 cm³/mol. The summed E-state index contributed by atoms with van der Waals surface area (Å²) in [6.07, 6.45) is 0.935. The van der Waals surface area contributed by atoms with Crippen molar-refractivity contribution in [3.05, 3.63) is 35.6 Å². The Balaban J connectivity index is 2.48. The molecule has 0 aromatic heterocycles. The lowest BCUT2D eigenvalue weighted by atomic mass is 10.0. The van der Waals surface area contributed by atoms with E-state index in [4.69, 9.17) is 0 Å². The summed E-state index contributed by atoms with van der Waals surface area (Å²) in [4.78, 5) is 0. The number of hydrogen-bond donors (Lipinski definition) is 1. The lowest BCUT2D eigenvalue weighted by Crippen LogP contribution is -2.25. The summed E-state index contributed by atoms with van der Waals surface area (Å²) < 4.78 is 24.1. The van der Waals surface area contributed by atoms with Crippen molar-refractivity contribution in [3.63, 3.8) is 0 Å². The van der Waals surface area contributed by atoms with Gasteiger partial charge < -0.3 is 5.32 Å². The molecule has 2 atom stereocenters. The van der Waals surface area contributed by atoms with E-state index in [0.29, 0.717) is 11.5 Å². The molecule has 0 heterocycles. The van der Waals surface area contributed by atoms with Gasteiger partial charge in [-0.15, -0.1) is 0 Å². The average molecular weight is 257 g/mol. The Kier molecular flexibility index (Phi) is 6.37. The number of nitrogens with one attached hydrogen (secondary N) is 1. The Bertz CT molecular complexity index is 353. The summed E-state index contributed by atoms with van der Waals surface area (Å²) in [6, 6.07) is 6.76. The highest BCUT2D eigenvalue weighted by Crippen LogP contribution is 2.16. The smallest absolute Gasteiger partial charge is 0.123 e. The fraction of sp³-hybridized carbons (Fsp3) is 0.538. The van der Waals surface area contributed by atoms with Gasteiger partial charge in [-0.25, -0.2) is 4.39 Å². The molecule has 96 valence electrons. The van der Waals surface area contributed by atoms with Crippen LogP contribution in [-0.4, -0.2) is 22.3 Å². The van der Waals surface area contributed by atoms with E-state index >= 15 is 0 Å². The third kappa shape index (κ3) is 4.96. The number of halogens is 1. The van der Waals surface area contributed by atoms with E-state index in [2.05, 4.69) is 12.2 Å². The van der Waals surface area contributed by atoms with Crippen molar-refractivity contribution in [2.45, 2.75) is 26.3 Å². The molecule has 0 fully saturated rings. The molecule has 0 radical (unpaired) electrons. The SMILES string of the molecule is CCC(NCCS(=O)CC)c1ccc(F)cc1. The molecule has 1 aromatic carbocycles. The van der Waals surface area contributed by atoms with Crippen LogP contribution in [0.3, 0.4) is 0 Å². The molecule has 1 N–H and O–H groups in total. The van der Waals surface area contributed by atoms with Gasteiger partial charge in [0.05, 0.1) is 0 Å². The average Bonchev–Trinajstić information content (AvgIpc) is 2.35. The second-order valence-electron chi connectivity index (χ2n) is 3.90. The number of rotatable bonds is 7. The molecule has 0 aliphatic heterocycles. The maximum Gasteiger partial charge on any atom is 0.123 e. The summed E-state index contributed by atoms with van der Waals surface area (Å²) in [5.74, 6) is 1.17. The Hall–Kier alpha value is -0.740. The standard InChI is InChI=1S/C13H20FNOS/c1-3-13(15-9-10-17(16)4-2)11-5-7-12(14)8-6-11/h5-8,13,15H,3-4,9-10H2,1-2H3. The molecule has 17 heavy (non-hydrogen) atoms. The van der Waals surface area contributed by atoms with Crippen LogP contribution >= 0.6 is 0 Å². The first-order chi connectivity index (χ1) is 8.17. The van der Waals surface area contributed by atoms with Crippen LogP contribution in [-0.2, 0) is 10.8 Å². The summed E-state index contributed by atoms with van der Waals surface area (Å²) in [5.41, 5.74) is 1.08. The van der Waals surface area contributed by atoms with Crippen LogP contribution in [0.1, 0.15) is 31.9 Å². The zero-order valence-electron chi connectivity index (χ0n) is 10.4. The van der Waals surface area contributed by atoms with Crippen LogP contribution in [0.15, 0.2) is 24.3 Å². The topological polar surface area (TPSA) is 29.1 Å². The normalized spacial score (nSPS) is 14.5. The van der Waals surface area contributed by atoms with Crippen LogP contribution < -0.4 is 5.32 Å². The zero-order valence-corrected chi connectivity index (χ0v) is 11.2. The van der Waals surface area contributed by atoms with Gasteiger partial charge in [0.2, 0.25) is 0 Å². The molecule has 4 heteroatoms. The molecule has 2 unspecified atom stereocenters. The largest absolute Gasteiger partial charge is 0.309 e. The first-order valence-electron chi connectivity index (χ1n) is 6.01. The molecule has 0 saturated carbocycles. The van der Waals surface area contributed by atoms with Crippen LogP contribution in [0, 0.1) is 5.82 Å². The maximum absolute atomic E-state index is 12.8. The van der Waals surface area contributed by atoms with Crippen LogP contribution in [0.4, 0.5) is 4.39 Å². The minimum Gasteiger partial charge on any atom is -0.309 e. The lowest BCUT2D eigenvalue weighted by Gasteiger charge is -2.17. The lowest BCUT2D eigenvalue weighted by molar-refractivity contribution is 0.535. The summed E-state index contributed by atoms with van der Waals surface area (Å²) in [7, 11) is -0.728. The summed E-state index contributed by atoms with van der Waals surface area (Å²) >= 11 is 0. The summed E-state index contributed by atoms with van der Waals surface area (Å²) in [6.45, 7) is 4.74. The number of hydrogen-bond acceptors (Lipinski definition) is 2. The van der Waals surface area contributed by atoms with E-state index in [1.807, 2.05) is 6.92 Å². The molecular weight excluding hydrogens is 237 g/mol. The Morgan fingerprint density at radius 1 is 1.29 bits per heavy atom. The molecular formula is C13H20FNOS. The molecule has 1 aromatic rings. The van der Waals surface area contributed by atoms with Crippen LogP contribution in [0.2, 0.25) is 0 Å². The minimum absolute atomic E-state index is 0.212. The predicted octanol–water partition coefficient (Wildman–Crippen LogP) is 2.64. The number of benzene rings is 1. The highest BCUT2D eigenvalue weighted by atomic mass is 32.2. The van der Waals surface area contributed by atoms with Crippen molar-refractivity contribution in [2.75, 3.05) is 18.1 Å². The maximum atomic E-state index is 12.8. The van der Waals surface area contributed by atoms with E-state index in [9.17, 15) is 8.60 Å². The fourth-order valence-electron chi connectivity index (χ4n) is 1.68. The third-order valence-corrected chi connectivity index (χ3v) is 4.03. The Morgan fingerprint density at radius 2 is 1.94 bits per heavy atom. The Morgan fingerprint density at radius 3 is 2.47 bits per heavy atom. The van der Waals surface area contributed by atoms with Gasteiger partial charge in [0.25, 0.3) is 0 Å². The van der Waals surface area contributed by atoms with Crippen LogP contribution in [0.25, 0.3) is 0 Å². The highest BCUT2D eigenvalue weighted by Gasteiger charge is 2.08. The van der Waals surface area contributed by atoms with E-state index in [1.54, 1.807) is 12.1 Å².